The minimum atomic E-state index is -0.266. The summed E-state index contributed by atoms with van der Waals surface area (Å²) in [5, 5.41) is 0. The molecule has 0 spiro atoms. The monoisotopic (exact) mass is 200 g/mol. The molecule has 0 aromatic heterocycles. The van der Waals surface area contributed by atoms with Gasteiger partial charge in [-0.05, 0) is 12.8 Å². The van der Waals surface area contributed by atoms with Gasteiger partial charge in [0.15, 0.2) is 0 Å². The molecule has 1 radical (unpaired) electrons. The van der Waals surface area contributed by atoms with Gasteiger partial charge in [-0.2, -0.15) is 0 Å². The number of carbonyl (C=O) groups excluding carboxylic acids is 1. The Balaban J connectivity index is 3.61. The van der Waals surface area contributed by atoms with Crippen molar-refractivity contribution in [2.45, 2.75) is 52.4 Å². The predicted octanol–water partition coefficient (Wildman–Crippen LogP) is 2.59. The van der Waals surface area contributed by atoms with Gasteiger partial charge in [-0.15, -0.1) is 0 Å². The summed E-state index contributed by atoms with van der Waals surface area (Å²) in [5.74, 6) is 0. The highest BCUT2D eigenvalue weighted by molar-refractivity contribution is 5.74. The molecule has 0 aliphatic carbocycles. The molecule has 0 saturated carbocycles. The number of carbonyl (C=O) groups is 1. The predicted molar refractivity (Wildman–Crippen MR) is 60.5 cm³/mol. The van der Waals surface area contributed by atoms with Crippen LogP contribution in [0.3, 0.4) is 0 Å². The Morgan fingerprint density at radius 3 is 1.71 bits per heavy atom. The van der Waals surface area contributed by atoms with Crippen LogP contribution in [0.2, 0.25) is 0 Å². The van der Waals surface area contributed by atoms with Gasteiger partial charge in [-0.3, -0.25) is 0 Å². The summed E-state index contributed by atoms with van der Waals surface area (Å²) >= 11 is 0. The maximum Gasteiger partial charge on any atom is 0.462 e. The molecule has 0 fully saturated rings. The first-order valence-corrected chi connectivity index (χ1v) is 5.76. The molecule has 0 aromatic carbocycles. The standard InChI is InChI=1S/C11H24N2O/c1-3-5-7-9-13(11(12)14)10-8-6-4-2/h3-10H2,1-2H3,(H2,12,14)/q+1. The van der Waals surface area contributed by atoms with E-state index >= 15 is 0 Å². The molecule has 0 saturated heterocycles. The van der Waals surface area contributed by atoms with Crippen molar-refractivity contribution >= 4 is 6.03 Å². The zero-order valence-corrected chi connectivity index (χ0v) is 9.59. The number of nitrogens with two attached hydrogens (primary N) is 1. The van der Waals surface area contributed by atoms with E-state index in [4.69, 9.17) is 5.73 Å². The molecule has 3 heteroatoms. The number of nitrogens with zero attached hydrogens (tertiary/aromatic N) is 1. The van der Waals surface area contributed by atoms with Crippen molar-refractivity contribution in [2.75, 3.05) is 13.1 Å². The lowest BCUT2D eigenvalue weighted by Crippen LogP contribution is -2.42. The summed E-state index contributed by atoms with van der Waals surface area (Å²) in [7, 11) is 0. The first-order valence-electron chi connectivity index (χ1n) is 5.76. The molecular weight excluding hydrogens is 176 g/mol. The quantitative estimate of drug-likeness (QED) is 0.475. The number of hydrogen-bond donors (Lipinski definition) is 1. The molecule has 0 heterocycles. The van der Waals surface area contributed by atoms with E-state index in [9.17, 15) is 4.79 Å². The maximum absolute atomic E-state index is 11.0. The molecule has 2 N–H and O–H groups in total. The first-order chi connectivity index (χ1) is 6.72. The van der Waals surface area contributed by atoms with Gasteiger partial charge in [0.25, 0.3) is 0 Å². The highest BCUT2D eigenvalue weighted by atomic mass is 16.2. The average molecular weight is 200 g/mol. The minimum Gasteiger partial charge on any atom is -0.315 e. The molecule has 14 heavy (non-hydrogen) atoms. The van der Waals surface area contributed by atoms with E-state index in [0.717, 1.165) is 25.9 Å². The Morgan fingerprint density at radius 1 is 1.00 bits per heavy atom. The van der Waals surface area contributed by atoms with E-state index < -0.39 is 0 Å². The van der Waals surface area contributed by atoms with Crippen molar-refractivity contribution in [2.24, 2.45) is 5.73 Å². The van der Waals surface area contributed by atoms with Gasteiger partial charge < -0.3 is 5.73 Å². The summed E-state index contributed by atoms with van der Waals surface area (Å²) < 4.78 is 0. The van der Waals surface area contributed by atoms with E-state index in [-0.39, 0.29) is 6.03 Å². The first kappa shape index (κ1) is 13.4. The van der Waals surface area contributed by atoms with Crippen LogP contribution in [0, 0.1) is 0 Å². The van der Waals surface area contributed by atoms with E-state index in [1.807, 2.05) is 0 Å². The third-order valence-electron chi connectivity index (χ3n) is 2.37. The molecule has 83 valence electrons. The average Bonchev–Trinajstić information content (AvgIpc) is 2.15. The van der Waals surface area contributed by atoms with Crippen molar-refractivity contribution in [1.82, 2.24) is 4.90 Å². The smallest absolute Gasteiger partial charge is 0.315 e. The summed E-state index contributed by atoms with van der Waals surface area (Å²) in [6.45, 7) is 5.97. The normalized spacial score (nSPS) is 10.8. The van der Waals surface area contributed by atoms with Gasteiger partial charge in [-0.1, -0.05) is 31.6 Å². The second kappa shape index (κ2) is 9.00. The summed E-state index contributed by atoms with van der Waals surface area (Å²) in [6, 6.07) is -0.266. The van der Waals surface area contributed by atoms with Crippen molar-refractivity contribution < 1.29 is 4.79 Å². The lowest BCUT2D eigenvalue weighted by Gasteiger charge is -2.06. The van der Waals surface area contributed by atoms with Crippen LogP contribution in [-0.2, 0) is 0 Å². The van der Waals surface area contributed by atoms with Crippen molar-refractivity contribution in [3.63, 3.8) is 0 Å². The highest BCUT2D eigenvalue weighted by Crippen LogP contribution is 1.99. The van der Waals surface area contributed by atoms with Crippen LogP contribution >= 0.6 is 0 Å². The molecular formula is C11H24N2O+. The van der Waals surface area contributed by atoms with Crippen LogP contribution in [0.1, 0.15) is 52.4 Å². The summed E-state index contributed by atoms with van der Waals surface area (Å²) in [5.41, 5.74) is 5.29. The molecule has 0 aromatic rings. The zero-order valence-electron chi connectivity index (χ0n) is 9.59. The largest absolute Gasteiger partial charge is 0.462 e. The van der Waals surface area contributed by atoms with Crippen molar-refractivity contribution in [3.8, 4) is 0 Å². The topological polar surface area (TPSA) is 49.0 Å². The third kappa shape index (κ3) is 6.89. The minimum absolute atomic E-state index is 0.266. The number of unbranched alkanes of at least 4 members (excludes halogenated alkanes) is 4. The molecule has 2 amide bonds. The molecule has 0 unspecified atom stereocenters. The Bertz CT molecular complexity index is 138. The number of hydrogen-bond acceptors (Lipinski definition) is 1. The molecule has 0 aliphatic heterocycles. The van der Waals surface area contributed by atoms with Gasteiger partial charge in [0.05, 0.1) is 0 Å². The van der Waals surface area contributed by atoms with Crippen LogP contribution in [0.4, 0.5) is 4.79 Å². The van der Waals surface area contributed by atoms with Crippen LogP contribution in [0.25, 0.3) is 0 Å². The molecule has 3 nitrogen and oxygen atoms in total. The van der Waals surface area contributed by atoms with Crippen molar-refractivity contribution in [3.05, 3.63) is 0 Å². The summed E-state index contributed by atoms with van der Waals surface area (Å²) in [6.07, 6.45) is 6.87. The van der Waals surface area contributed by atoms with Gasteiger partial charge in [0, 0.05) is 12.8 Å². The van der Waals surface area contributed by atoms with E-state index in [1.165, 1.54) is 25.7 Å². The van der Waals surface area contributed by atoms with E-state index in [1.54, 1.807) is 4.90 Å². The van der Waals surface area contributed by atoms with Crippen LogP contribution < -0.4 is 10.6 Å². The SMILES string of the molecule is CCCCC[N+](CCCCC)C(N)=O. The second-order valence-electron chi connectivity index (χ2n) is 3.74. The lowest BCUT2D eigenvalue weighted by molar-refractivity contribution is 0.230. The third-order valence-corrected chi connectivity index (χ3v) is 2.37. The Hall–Kier alpha value is -0.570. The van der Waals surface area contributed by atoms with Gasteiger partial charge in [0.2, 0.25) is 0 Å². The van der Waals surface area contributed by atoms with E-state index in [2.05, 4.69) is 13.8 Å². The van der Waals surface area contributed by atoms with Crippen LogP contribution in [0.5, 0.6) is 0 Å². The molecule has 0 aliphatic rings. The van der Waals surface area contributed by atoms with Crippen molar-refractivity contribution in [1.29, 1.82) is 0 Å². The molecule has 0 bridgehead atoms. The number of amides is 2. The number of urea groups is 1. The maximum atomic E-state index is 11.0. The molecule has 0 atom stereocenters. The fourth-order valence-electron chi connectivity index (χ4n) is 1.44. The van der Waals surface area contributed by atoms with Gasteiger partial charge in [-0.25, -0.2) is 4.79 Å². The van der Waals surface area contributed by atoms with Gasteiger partial charge in [0.1, 0.15) is 13.1 Å². The lowest BCUT2D eigenvalue weighted by atomic mass is 10.2. The van der Waals surface area contributed by atoms with E-state index in [0.29, 0.717) is 0 Å². The fourth-order valence-corrected chi connectivity index (χ4v) is 1.44. The van der Waals surface area contributed by atoms with Gasteiger partial charge >= 0.3 is 6.03 Å². The highest BCUT2D eigenvalue weighted by Gasteiger charge is 2.20. The fraction of sp³-hybridized carbons (Fsp3) is 0.909. The Labute approximate surface area is 87.6 Å². The van der Waals surface area contributed by atoms with Crippen LogP contribution in [0.15, 0.2) is 0 Å². The number of rotatable bonds is 8. The zero-order chi connectivity index (χ0) is 10.8. The Kier molecular flexibility index (Phi) is 8.64. The molecule has 0 rings (SSSR count). The summed E-state index contributed by atoms with van der Waals surface area (Å²) in [4.78, 5) is 12.8. The van der Waals surface area contributed by atoms with Crippen LogP contribution in [-0.4, -0.2) is 19.1 Å². The number of primary amides is 1. The second-order valence-corrected chi connectivity index (χ2v) is 3.74. The Morgan fingerprint density at radius 2 is 1.43 bits per heavy atom.